The molecule has 0 bridgehead atoms. The lowest BCUT2D eigenvalue weighted by Crippen LogP contribution is -2.45. The maximum absolute atomic E-state index is 12.0. The van der Waals surface area contributed by atoms with E-state index in [0.717, 1.165) is 25.7 Å². The normalized spacial score (nSPS) is 13.7. The van der Waals surface area contributed by atoms with E-state index in [1.165, 1.54) is 89.9 Å². The Morgan fingerprint density at radius 1 is 0.690 bits per heavy atom. The number of carboxylic acids is 1. The van der Waals surface area contributed by atoms with E-state index in [1.54, 1.807) is 6.92 Å². The van der Waals surface area contributed by atoms with Gasteiger partial charge in [0.25, 0.3) is 0 Å². The molecule has 0 radical (unpaired) electrons. The van der Waals surface area contributed by atoms with Crippen LogP contribution in [0.1, 0.15) is 143 Å². The average Bonchev–Trinajstić information content (AvgIpc) is 2.70. The molecule has 0 fully saturated rings. The predicted octanol–water partition coefficient (Wildman–Crippen LogP) is 8.54. The number of carboxylic acid groups (broad SMARTS) is 1. The van der Waals surface area contributed by atoms with Crippen LogP contribution < -0.4 is 0 Å². The van der Waals surface area contributed by atoms with Gasteiger partial charge in [0.15, 0.2) is 5.60 Å². The van der Waals surface area contributed by atoms with Gasteiger partial charge < -0.3 is 9.84 Å². The average molecular weight is 413 g/mol. The second-order valence-corrected chi connectivity index (χ2v) is 9.07. The van der Waals surface area contributed by atoms with Crippen molar-refractivity contribution >= 4 is 5.97 Å². The fourth-order valence-electron chi connectivity index (χ4n) is 4.40. The van der Waals surface area contributed by atoms with E-state index in [-0.39, 0.29) is 5.92 Å². The maximum atomic E-state index is 12.0. The first-order valence-corrected chi connectivity index (χ1v) is 12.9. The zero-order chi connectivity index (χ0) is 21.8. The Hall–Kier alpha value is -0.570. The van der Waals surface area contributed by atoms with Gasteiger partial charge in [-0.3, -0.25) is 0 Å². The molecule has 0 saturated carbocycles. The Morgan fingerprint density at radius 2 is 1.03 bits per heavy atom. The topological polar surface area (TPSA) is 46.5 Å². The lowest BCUT2D eigenvalue weighted by atomic mass is 9.80. The van der Waals surface area contributed by atoms with Gasteiger partial charge in [-0.05, 0) is 32.6 Å². The fraction of sp³-hybridized carbons (Fsp3) is 0.962. The minimum atomic E-state index is -1.03. The second-order valence-electron chi connectivity index (χ2n) is 9.07. The molecular weight excluding hydrogens is 360 g/mol. The smallest absolute Gasteiger partial charge is 0.335 e. The van der Waals surface area contributed by atoms with Gasteiger partial charge in [0.1, 0.15) is 0 Å². The Labute approximate surface area is 182 Å². The highest BCUT2D eigenvalue weighted by atomic mass is 16.5. The summed E-state index contributed by atoms with van der Waals surface area (Å²) in [7, 11) is 0. The van der Waals surface area contributed by atoms with E-state index in [1.807, 2.05) is 6.92 Å². The molecule has 3 nitrogen and oxygen atoms in total. The molecule has 1 unspecified atom stereocenters. The van der Waals surface area contributed by atoms with Crippen molar-refractivity contribution in [3.8, 4) is 0 Å². The van der Waals surface area contributed by atoms with Crippen LogP contribution in [0.25, 0.3) is 0 Å². The molecule has 1 N–H and O–H groups in total. The molecule has 0 spiro atoms. The standard InChI is InChI=1S/C26H52O3/c1-5-8-10-12-14-16-18-20-22-24(26(4,25(27)28)29-7-3)23-21-19-17-15-13-11-9-6-2/h24H,5-23H2,1-4H3,(H,27,28). The monoisotopic (exact) mass is 412 g/mol. The van der Waals surface area contributed by atoms with E-state index in [0.29, 0.717) is 6.61 Å². The van der Waals surface area contributed by atoms with Gasteiger partial charge in [-0.1, -0.05) is 117 Å². The summed E-state index contributed by atoms with van der Waals surface area (Å²) in [5, 5.41) is 9.86. The maximum Gasteiger partial charge on any atom is 0.335 e. The third kappa shape index (κ3) is 14.1. The van der Waals surface area contributed by atoms with Crippen molar-refractivity contribution in [2.45, 2.75) is 149 Å². The van der Waals surface area contributed by atoms with Gasteiger partial charge in [-0.25, -0.2) is 4.79 Å². The zero-order valence-electron chi connectivity index (χ0n) is 20.3. The molecule has 0 aromatic rings. The lowest BCUT2D eigenvalue weighted by Gasteiger charge is -2.34. The van der Waals surface area contributed by atoms with Gasteiger partial charge in [0, 0.05) is 6.61 Å². The van der Waals surface area contributed by atoms with E-state index in [9.17, 15) is 9.90 Å². The Morgan fingerprint density at radius 3 is 1.34 bits per heavy atom. The SMILES string of the molecule is CCCCCCCCCCC(CCCCCCCCCC)C(C)(OCC)C(=O)O. The van der Waals surface area contributed by atoms with E-state index in [4.69, 9.17) is 4.74 Å². The van der Waals surface area contributed by atoms with E-state index < -0.39 is 11.6 Å². The van der Waals surface area contributed by atoms with Crippen molar-refractivity contribution in [3.05, 3.63) is 0 Å². The molecular formula is C26H52O3. The van der Waals surface area contributed by atoms with Gasteiger partial charge in [0.2, 0.25) is 0 Å². The number of ether oxygens (including phenoxy) is 1. The van der Waals surface area contributed by atoms with E-state index in [2.05, 4.69) is 13.8 Å². The minimum absolute atomic E-state index is 0.125. The fourth-order valence-corrected chi connectivity index (χ4v) is 4.40. The molecule has 0 amide bonds. The highest BCUT2D eigenvalue weighted by molar-refractivity contribution is 5.77. The Bertz CT molecular complexity index is 349. The summed E-state index contributed by atoms with van der Waals surface area (Å²) in [6, 6.07) is 0. The summed E-state index contributed by atoms with van der Waals surface area (Å²) >= 11 is 0. The molecule has 174 valence electrons. The van der Waals surface area contributed by atoms with Crippen LogP contribution in [0.15, 0.2) is 0 Å². The van der Waals surface area contributed by atoms with Gasteiger partial charge in [-0.15, -0.1) is 0 Å². The van der Waals surface area contributed by atoms with Crippen LogP contribution in [0.4, 0.5) is 0 Å². The van der Waals surface area contributed by atoms with Crippen LogP contribution in [-0.2, 0) is 9.53 Å². The molecule has 3 heteroatoms. The molecule has 0 aliphatic carbocycles. The molecule has 0 heterocycles. The molecule has 29 heavy (non-hydrogen) atoms. The first-order valence-electron chi connectivity index (χ1n) is 12.9. The molecule has 0 aliphatic rings. The molecule has 0 rings (SSSR count). The molecule has 0 aliphatic heterocycles. The van der Waals surface area contributed by atoms with Gasteiger partial charge in [0.05, 0.1) is 0 Å². The van der Waals surface area contributed by atoms with Crippen molar-refractivity contribution in [2.75, 3.05) is 6.61 Å². The van der Waals surface area contributed by atoms with Crippen LogP contribution in [0.3, 0.4) is 0 Å². The molecule has 0 saturated heterocycles. The molecule has 1 atom stereocenters. The van der Waals surface area contributed by atoms with E-state index >= 15 is 0 Å². The van der Waals surface area contributed by atoms with Crippen LogP contribution in [0.2, 0.25) is 0 Å². The summed E-state index contributed by atoms with van der Waals surface area (Å²) in [6.07, 6.45) is 22.6. The van der Waals surface area contributed by atoms with Crippen LogP contribution in [0, 0.1) is 5.92 Å². The number of unbranched alkanes of at least 4 members (excludes halogenated alkanes) is 14. The summed E-state index contributed by atoms with van der Waals surface area (Å²) in [5.74, 6) is -0.663. The number of carbonyl (C=O) groups is 1. The number of rotatable bonds is 22. The quantitative estimate of drug-likeness (QED) is 0.181. The predicted molar refractivity (Wildman–Crippen MR) is 126 cm³/mol. The first-order chi connectivity index (χ1) is 14.0. The summed E-state index contributed by atoms with van der Waals surface area (Å²) in [6.45, 7) is 8.69. The summed E-state index contributed by atoms with van der Waals surface area (Å²) < 4.78 is 5.80. The van der Waals surface area contributed by atoms with Crippen LogP contribution >= 0.6 is 0 Å². The van der Waals surface area contributed by atoms with Crippen molar-refractivity contribution in [3.63, 3.8) is 0 Å². The second kappa shape index (κ2) is 19.4. The lowest BCUT2D eigenvalue weighted by molar-refractivity contribution is -0.172. The molecule has 0 aromatic heterocycles. The Balaban J connectivity index is 4.31. The number of hydrogen-bond acceptors (Lipinski definition) is 2. The third-order valence-corrected chi connectivity index (χ3v) is 6.46. The van der Waals surface area contributed by atoms with Gasteiger partial charge >= 0.3 is 5.97 Å². The van der Waals surface area contributed by atoms with Gasteiger partial charge in [-0.2, -0.15) is 0 Å². The highest BCUT2D eigenvalue weighted by Gasteiger charge is 2.41. The minimum Gasteiger partial charge on any atom is -0.479 e. The number of hydrogen-bond donors (Lipinski definition) is 1. The highest BCUT2D eigenvalue weighted by Crippen LogP contribution is 2.32. The third-order valence-electron chi connectivity index (χ3n) is 6.46. The van der Waals surface area contributed by atoms with Crippen LogP contribution in [-0.4, -0.2) is 23.3 Å². The first kappa shape index (κ1) is 28.4. The van der Waals surface area contributed by atoms with Crippen LogP contribution in [0.5, 0.6) is 0 Å². The largest absolute Gasteiger partial charge is 0.479 e. The Kier molecular flexibility index (Phi) is 19.0. The van der Waals surface area contributed by atoms with Crippen molar-refractivity contribution in [1.82, 2.24) is 0 Å². The zero-order valence-corrected chi connectivity index (χ0v) is 20.3. The van der Waals surface area contributed by atoms with Crippen molar-refractivity contribution in [2.24, 2.45) is 5.92 Å². The molecule has 0 aromatic carbocycles. The summed E-state index contributed by atoms with van der Waals surface area (Å²) in [5.41, 5.74) is -1.03. The number of aliphatic carboxylic acids is 1. The van der Waals surface area contributed by atoms with Crippen molar-refractivity contribution in [1.29, 1.82) is 0 Å². The van der Waals surface area contributed by atoms with Crippen molar-refractivity contribution < 1.29 is 14.6 Å². The summed E-state index contributed by atoms with van der Waals surface area (Å²) in [4.78, 5) is 12.0.